The normalized spacial score (nSPS) is 11.8. The molecule has 0 heterocycles. The molecule has 1 rings (SSSR count). The molecule has 1 aromatic carbocycles. The van der Waals surface area contributed by atoms with E-state index in [1.807, 2.05) is 13.8 Å². The Morgan fingerprint density at radius 2 is 1.87 bits per heavy atom. The molecule has 0 aromatic heterocycles. The van der Waals surface area contributed by atoms with Crippen molar-refractivity contribution in [2.24, 2.45) is 0 Å². The molecule has 1 N–H and O–H groups in total. The molecule has 0 fully saturated rings. The minimum absolute atomic E-state index is 0.530. The van der Waals surface area contributed by atoms with E-state index in [-0.39, 0.29) is 0 Å². The molecule has 15 heavy (non-hydrogen) atoms. The van der Waals surface area contributed by atoms with Gasteiger partial charge in [0.15, 0.2) is 0 Å². The summed E-state index contributed by atoms with van der Waals surface area (Å²) in [4.78, 5) is 0. The van der Waals surface area contributed by atoms with Crippen LogP contribution in [0.1, 0.15) is 43.4 Å². The van der Waals surface area contributed by atoms with Gasteiger partial charge in [-0.3, -0.25) is 0 Å². The molecule has 0 unspecified atom stereocenters. The van der Waals surface area contributed by atoms with Crippen LogP contribution in [0.25, 0.3) is 0 Å². The number of hydrogen-bond donors (Lipinski definition) is 1. The van der Waals surface area contributed by atoms with E-state index in [0.29, 0.717) is 0 Å². The summed E-state index contributed by atoms with van der Waals surface area (Å²) in [5.41, 5.74) is 3.56. The van der Waals surface area contributed by atoms with Gasteiger partial charge in [0.25, 0.3) is 0 Å². The Kier molecular flexibility index (Phi) is 3.92. The summed E-state index contributed by atoms with van der Waals surface area (Å²) < 4.78 is 0. The van der Waals surface area contributed by atoms with Crippen molar-refractivity contribution in [3.05, 3.63) is 34.9 Å². The molecule has 0 bridgehead atoms. The largest absolute Gasteiger partial charge is 0.390 e. The molecule has 1 aromatic rings. The van der Waals surface area contributed by atoms with E-state index in [1.54, 1.807) is 0 Å². The summed E-state index contributed by atoms with van der Waals surface area (Å²) in [5, 5.41) is 9.62. The van der Waals surface area contributed by atoms with Gasteiger partial charge in [-0.25, -0.2) is 0 Å². The van der Waals surface area contributed by atoms with Gasteiger partial charge in [0, 0.05) is 0 Å². The smallest absolute Gasteiger partial charge is 0.0591 e. The van der Waals surface area contributed by atoms with Crippen molar-refractivity contribution in [2.45, 2.75) is 52.6 Å². The zero-order valence-electron chi connectivity index (χ0n) is 10.3. The second-order valence-electron chi connectivity index (χ2n) is 5.10. The number of hydrogen-bond acceptors (Lipinski definition) is 1. The summed E-state index contributed by atoms with van der Waals surface area (Å²) in [7, 11) is 0. The Bertz CT molecular complexity index is 321. The van der Waals surface area contributed by atoms with Gasteiger partial charge in [0.05, 0.1) is 5.60 Å². The van der Waals surface area contributed by atoms with Gasteiger partial charge >= 0.3 is 0 Å². The molecule has 0 aliphatic rings. The number of rotatable bonds is 4. The predicted molar refractivity (Wildman–Crippen MR) is 65.2 cm³/mol. The monoisotopic (exact) mass is 206 g/mol. The van der Waals surface area contributed by atoms with Gasteiger partial charge in [0.1, 0.15) is 0 Å². The van der Waals surface area contributed by atoms with Crippen LogP contribution in [0.2, 0.25) is 0 Å². The Morgan fingerprint density at radius 1 is 1.20 bits per heavy atom. The van der Waals surface area contributed by atoms with Gasteiger partial charge in [0.2, 0.25) is 0 Å². The predicted octanol–water partition coefficient (Wildman–Crippen LogP) is 3.40. The molecule has 0 saturated heterocycles. The lowest BCUT2D eigenvalue weighted by Crippen LogP contribution is -2.18. The van der Waals surface area contributed by atoms with Crippen LogP contribution in [0.3, 0.4) is 0 Å². The SMILES string of the molecule is Cc1ccc(C)c(CCCC(C)(C)O)c1. The lowest BCUT2D eigenvalue weighted by Gasteiger charge is -2.17. The maximum absolute atomic E-state index is 9.62. The van der Waals surface area contributed by atoms with Crippen LogP contribution in [-0.4, -0.2) is 10.7 Å². The van der Waals surface area contributed by atoms with Crippen molar-refractivity contribution in [2.75, 3.05) is 0 Å². The van der Waals surface area contributed by atoms with Gasteiger partial charge in [-0.05, 0) is 58.1 Å². The molecular formula is C14H22O. The molecule has 0 spiro atoms. The summed E-state index contributed by atoms with van der Waals surface area (Å²) in [6, 6.07) is 6.57. The lowest BCUT2D eigenvalue weighted by molar-refractivity contribution is 0.0689. The first-order valence-corrected chi connectivity index (χ1v) is 5.67. The van der Waals surface area contributed by atoms with Gasteiger partial charge in [-0.2, -0.15) is 0 Å². The zero-order chi connectivity index (χ0) is 11.5. The Hall–Kier alpha value is -0.820. The Labute approximate surface area is 93.1 Å². The van der Waals surface area contributed by atoms with E-state index in [0.717, 1.165) is 19.3 Å². The molecule has 0 atom stereocenters. The molecule has 0 saturated carbocycles. The van der Waals surface area contributed by atoms with Gasteiger partial charge < -0.3 is 5.11 Å². The Balaban J connectivity index is 2.54. The zero-order valence-corrected chi connectivity index (χ0v) is 10.3. The first kappa shape index (κ1) is 12.3. The molecule has 1 heteroatoms. The fourth-order valence-electron chi connectivity index (χ4n) is 1.78. The number of aryl methyl sites for hydroxylation is 3. The maximum atomic E-state index is 9.62. The van der Waals surface area contributed by atoms with E-state index in [1.165, 1.54) is 16.7 Å². The van der Waals surface area contributed by atoms with E-state index >= 15 is 0 Å². The number of aliphatic hydroxyl groups is 1. The summed E-state index contributed by atoms with van der Waals surface area (Å²) in [6.07, 6.45) is 2.98. The highest BCUT2D eigenvalue weighted by Crippen LogP contribution is 2.17. The first-order chi connectivity index (χ1) is 6.88. The summed E-state index contributed by atoms with van der Waals surface area (Å²) in [6.45, 7) is 8.02. The van der Waals surface area contributed by atoms with Gasteiger partial charge in [-0.15, -0.1) is 0 Å². The molecule has 0 amide bonds. The minimum atomic E-state index is -0.530. The van der Waals surface area contributed by atoms with Crippen molar-refractivity contribution < 1.29 is 5.11 Å². The van der Waals surface area contributed by atoms with Crippen LogP contribution < -0.4 is 0 Å². The molecule has 0 radical (unpaired) electrons. The average molecular weight is 206 g/mol. The van der Waals surface area contributed by atoms with Gasteiger partial charge in [-0.1, -0.05) is 23.8 Å². The van der Waals surface area contributed by atoms with E-state index in [2.05, 4.69) is 32.0 Å². The molecule has 0 aliphatic heterocycles. The Morgan fingerprint density at radius 3 is 2.47 bits per heavy atom. The van der Waals surface area contributed by atoms with Crippen molar-refractivity contribution in [1.82, 2.24) is 0 Å². The van der Waals surface area contributed by atoms with E-state index in [4.69, 9.17) is 0 Å². The van der Waals surface area contributed by atoms with Crippen LogP contribution >= 0.6 is 0 Å². The first-order valence-electron chi connectivity index (χ1n) is 5.67. The maximum Gasteiger partial charge on any atom is 0.0591 e. The van der Waals surface area contributed by atoms with Crippen LogP contribution in [0.5, 0.6) is 0 Å². The lowest BCUT2D eigenvalue weighted by atomic mass is 9.96. The molecule has 84 valence electrons. The second-order valence-corrected chi connectivity index (χ2v) is 5.10. The van der Waals surface area contributed by atoms with Crippen LogP contribution in [0.15, 0.2) is 18.2 Å². The van der Waals surface area contributed by atoms with E-state index in [9.17, 15) is 5.11 Å². The van der Waals surface area contributed by atoms with Crippen LogP contribution in [0, 0.1) is 13.8 Å². The standard InChI is InChI=1S/C14H22O/c1-11-7-8-12(2)13(10-11)6-5-9-14(3,4)15/h7-8,10,15H,5-6,9H2,1-4H3. The minimum Gasteiger partial charge on any atom is -0.390 e. The quantitative estimate of drug-likeness (QED) is 0.800. The summed E-state index contributed by atoms with van der Waals surface area (Å²) in [5.74, 6) is 0. The highest BCUT2D eigenvalue weighted by atomic mass is 16.3. The topological polar surface area (TPSA) is 20.2 Å². The molecule has 0 aliphatic carbocycles. The summed E-state index contributed by atoms with van der Waals surface area (Å²) >= 11 is 0. The third kappa shape index (κ3) is 4.48. The van der Waals surface area contributed by atoms with Crippen molar-refractivity contribution >= 4 is 0 Å². The highest BCUT2D eigenvalue weighted by molar-refractivity contribution is 5.30. The fourth-order valence-corrected chi connectivity index (χ4v) is 1.78. The van der Waals surface area contributed by atoms with E-state index < -0.39 is 5.60 Å². The van der Waals surface area contributed by atoms with Crippen molar-refractivity contribution in [3.8, 4) is 0 Å². The molecule has 1 nitrogen and oxygen atoms in total. The average Bonchev–Trinajstić information content (AvgIpc) is 2.09. The third-order valence-electron chi connectivity index (χ3n) is 2.74. The van der Waals surface area contributed by atoms with Crippen molar-refractivity contribution in [1.29, 1.82) is 0 Å². The third-order valence-corrected chi connectivity index (χ3v) is 2.74. The van der Waals surface area contributed by atoms with Crippen LogP contribution in [-0.2, 0) is 6.42 Å². The molecular weight excluding hydrogens is 184 g/mol. The second kappa shape index (κ2) is 4.80. The highest BCUT2D eigenvalue weighted by Gasteiger charge is 2.11. The fraction of sp³-hybridized carbons (Fsp3) is 0.571. The van der Waals surface area contributed by atoms with Crippen molar-refractivity contribution in [3.63, 3.8) is 0 Å². The number of benzene rings is 1. The van der Waals surface area contributed by atoms with Crippen LogP contribution in [0.4, 0.5) is 0 Å².